The molecule has 2 aromatic rings. The minimum atomic E-state index is -0.484. The Bertz CT molecular complexity index is 525. The molecule has 1 atom stereocenters. The van der Waals surface area contributed by atoms with E-state index in [1.54, 1.807) is 19.3 Å². The molecule has 2 rings (SSSR count). The fourth-order valence-electron chi connectivity index (χ4n) is 1.36. The van der Waals surface area contributed by atoms with E-state index in [1.165, 1.54) is 0 Å². The van der Waals surface area contributed by atoms with Gasteiger partial charge in [0.05, 0.1) is 11.6 Å². The summed E-state index contributed by atoms with van der Waals surface area (Å²) in [5.41, 5.74) is 0.912. The Morgan fingerprint density at radius 3 is 2.65 bits per heavy atom. The molecule has 0 aliphatic carbocycles. The molecule has 0 bridgehead atoms. The van der Waals surface area contributed by atoms with E-state index < -0.39 is 11.6 Å². The third-order valence-electron chi connectivity index (χ3n) is 2.83. The van der Waals surface area contributed by atoms with Crippen molar-refractivity contribution in [1.29, 1.82) is 0 Å². The van der Waals surface area contributed by atoms with E-state index in [0.29, 0.717) is 11.5 Å². The number of pyridine rings is 1. The maximum Gasteiger partial charge on any atom is 0.180 e. The van der Waals surface area contributed by atoms with Gasteiger partial charge in [-0.3, -0.25) is 4.98 Å². The normalized spacial score (nSPS) is 13.6. The highest BCUT2D eigenvalue weighted by molar-refractivity contribution is 5.71. The number of rotatable bonds is 3. The van der Waals surface area contributed by atoms with E-state index in [9.17, 15) is 5.11 Å². The number of nitrogens with zero attached hydrogens (tertiary/aromatic N) is 3. The van der Waals surface area contributed by atoms with Crippen LogP contribution >= 0.6 is 0 Å². The van der Waals surface area contributed by atoms with Crippen LogP contribution in [0.4, 0.5) is 5.82 Å². The third kappa shape index (κ3) is 2.50. The van der Waals surface area contributed by atoms with Crippen LogP contribution in [0.5, 0.6) is 0 Å². The lowest BCUT2D eigenvalue weighted by Crippen LogP contribution is -2.42. The highest BCUT2D eigenvalue weighted by Crippen LogP contribution is 2.18. The molecule has 0 radical (unpaired) electrons. The highest BCUT2D eigenvalue weighted by Gasteiger charge is 2.24. The zero-order chi connectivity index (χ0) is 12.5. The number of hydrogen-bond donors (Lipinski definition) is 2. The first-order valence-corrected chi connectivity index (χ1v) is 5.53. The highest BCUT2D eigenvalue weighted by atomic mass is 16.3. The van der Waals surface area contributed by atoms with Gasteiger partial charge in [0.15, 0.2) is 5.65 Å². The summed E-state index contributed by atoms with van der Waals surface area (Å²) in [6.07, 6.45) is 2.76. The largest absolute Gasteiger partial charge is 0.391 e. The molecule has 5 heteroatoms. The van der Waals surface area contributed by atoms with Crippen molar-refractivity contribution in [2.45, 2.75) is 32.4 Å². The quantitative estimate of drug-likeness (QED) is 0.841. The van der Waals surface area contributed by atoms with E-state index in [-0.39, 0.29) is 0 Å². The van der Waals surface area contributed by atoms with E-state index in [4.69, 9.17) is 0 Å². The van der Waals surface area contributed by atoms with Crippen molar-refractivity contribution in [2.24, 2.45) is 0 Å². The van der Waals surface area contributed by atoms with Gasteiger partial charge in [0.2, 0.25) is 0 Å². The first kappa shape index (κ1) is 11.7. The number of nitrogens with one attached hydrogen (secondary N) is 1. The summed E-state index contributed by atoms with van der Waals surface area (Å²) >= 11 is 0. The molecule has 0 saturated carbocycles. The van der Waals surface area contributed by atoms with Crippen LogP contribution in [0.3, 0.4) is 0 Å². The first-order valence-electron chi connectivity index (χ1n) is 5.53. The van der Waals surface area contributed by atoms with Crippen LogP contribution in [-0.2, 0) is 0 Å². The van der Waals surface area contributed by atoms with Crippen LogP contribution in [0.15, 0.2) is 24.5 Å². The summed E-state index contributed by atoms with van der Waals surface area (Å²) in [6.45, 7) is 5.58. The molecular formula is C12H16N4O. The van der Waals surface area contributed by atoms with Crippen LogP contribution in [-0.4, -0.2) is 31.7 Å². The SMILES string of the molecule is CC(O)C(C)(C)Nc1ccc2nccnc2n1. The van der Waals surface area contributed by atoms with Crippen molar-refractivity contribution >= 4 is 17.0 Å². The molecule has 90 valence electrons. The third-order valence-corrected chi connectivity index (χ3v) is 2.83. The fourth-order valence-corrected chi connectivity index (χ4v) is 1.36. The van der Waals surface area contributed by atoms with Crippen molar-refractivity contribution in [2.75, 3.05) is 5.32 Å². The zero-order valence-corrected chi connectivity index (χ0v) is 10.2. The Labute approximate surface area is 99.9 Å². The smallest absolute Gasteiger partial charge is 0.180 e. The molecule has 0 aliphatic heterocycles. The molecule has 2 N–H and O–H groups in total. The van der Waals surface area contributed by atoms with Crippen molar-refractivity contribution in [1.82, 2.24) is 15.0 Å². The second-order valence-electron chi connectivity index (χ2n) is 4.62. The number of fused-ring (bicyclic) bond motifs is 1. The maximum atomic E-state index is 9.64. The van der Waals surface area contributed by atoms with Crippen LogP contribution in [0.1, 0.15) is 20.8 Å². The number of aliphatic hydroxyl groups excluding tert-OH is 1. The lowest BCUT2D eigenvalue weighted by atomic mass is 9.99. The minimum Gasteiger partial charge on any atom is -0.391 e. The summed E-state index contributed by atoms with van der Waals surface area (Å²) in [7, 11) is 0. The second kappa shape index (κ2) is 4.25. The molecule has 0 amide bonds. The second-order valence-corrected chi connectivity index (χ2v) is 4.62. The molecule has 5 nitrogen and oxygen atoms in total. The molecule has 1 unspecified atom stereocenters. The standard InChI is InChI=1S/C12H16N4O/c1-8(17)12(2,3)16-10-5-4-9-11(15-10)14-7-6-13-9/h4-8,17H,1-3H3,(H,14,15,16). The molecule has 2 heterocycles. The number of aromatic nitrogens is 3. The topological polar surface area (TPSA) is 70.9 Å². The van der Waals surface area contributed by atoms with E-state index in [1.807, 2.05) is 26.0 Å². The molecule has 0 aliphatic rings. The fraction of sp³-hybridized carbons (Fsp3) is 0.417. The lowest BCUT2D eigenvalue weighted by Gasteiger charge is -2.29. The minimum absolute atomic E-state index is 0.442. The van der Waals surface area contributed by atoms with Crippen LogP contribution in [0, 0.1) is 0 Å². The van der Waals surface area contributed by atoms with Crippen molar-refractivity contribution in [3.05, 3.63) is 24.5 Å². The molecular weight excluding hydrogens is 216 g/mol. The summed E-state index contributed by atoms with van der Waals surface area (Å²) in [6, 6.07) is 3.69. The van der Waals surface area contributed by atoms with E-state index in [2.05, 4.69) is 20.3 Å². The van der Waals surface area contributed by atoms with Gasteiger partial charge >= 0.3 is 0 Å². The number of hydrogen-bond acceptors (Lipinski definition) is 5. The summed E-state index contributed by atoms with van der Waals surface area (Å²) in [5.74, 6) is 0.684. The van der Waals surface area contributed by atoms with Gasteiger partial charge in [0, 0.05) is 12.4 Å². The lowest BCUT2D eigenvalue weighted by molar-refractivity contribution is 0.133. The average molecular weight is 232 g/mol. The summed E-state index contributed by atoms with van der Waals surface area (Å²) in [5, 5.41) is 12.8. The van der Waals surface area contributed by atoms with Gasteiger partial charge in [-0.1, -0.05) is 0 Å². The molecule has 0 spiro atoms. The Kier molecular flexibility index (Phi) is 2.93. The Morgan fingerprint density at radius 2 is 1.94 bits per heavy atom. The molecule has 17 heavy (non-hydrogen) atoms. The Morgan fingerprint density at radius 1 is 1.24 bits per heavy atom. The monoisotopic (exact) mass is 232 g/mol. The zero-order valence-electron chi connectivity index (χ0n) is 10.2. The van der Waals surface area contributed by atoms with E-state index >= 15 is 0 Å². The van der Waals surface area contributed by atoms with Gasteiger partial charge < -0.3 is 10.4 Å². The number of anilines is 1. The van der Waals surface area contributed by atoms with Crippen LogP contribution in [0.2, 0.25) is 0 Å². The van der Waals surface area contributed by atoms with Crippen LogP contribution in [0.25, 0.3) is 11.2 Å². The molecule has 2 aromatic heterocycles. The predicted molar refractivity (Wildman–Crippen MR) is 66.7 cm³/mol. The van der Waals surface area contributed by atoms with Crippen molar-refractivity contribution in [3.63, 3.8) is 0 Å². The molecule has 0 fully saturated rings. The summed E-state index contributed by atoms with van der Waals surface area (Å²) in [4.78, 5) is 12.6. The Hall–Kier alpha value is -1.75. The maximum absolute atomic E-state index is 9.64. The average Bonchev–Trinajstić information content (AvgIpc) is 2.28. The van der Waals surface area contributed by atoms with Gasteiger partial charge in [-0.25, -0.2) is 9.97 Å². The molecule has 0 saturated heterocycles. The van der Waals surface area contributed by atoms with Gasteiger partial charge in [-0.2, -0.15) is 0 Å². The predicted octanol–water partition coefficient (Wildman–Crippen LogP) is 1.60. The van der Waals surface area contributed by atoms with Gasteiger partial charge in [-0.15, -0.1) is 0 Å². The van der Waals surface area contributed by atoms with Crippen LogP contribution < -0.4 is 5.32 Å². The summed E-state index contributed by atoms with van der Waals surface area (Å²) < 4.78 is 0. The van der Waals surface area contributed by atoms with Gasteiger partial charge in [0.25, 0.3) is 0 Å². The van der Waals surface area contributed by atoms with E-state index in [0.717, 1.165) is 5.52 Å². The Balaban J connectivity index is 2.31. The van der Waals surface area contributed by atoms with Crippen molar-refractivity contribution < 1.29 is 5.11 Å². The first-order chi connectivity index (χ1) is 7.99. The van der Waals surface area contributed by atoms with Gasteiger partial charge in [-0.05, 0) is 32.9 Å². The van der Waals surface area contributed by atoms with Crippen molar-refractivity contribution in [3.8, 4) is 0 Å². The number of aliphatic hydroxyl groups is 1. The van der Waals surface area contributed by atoms with Gasteiger partial charge in [0.1, 0.15) is 11.3 Å². The molecule has 0 aromatic carbocycles.